The molecule has 18 heavy (non-hydrogen) atoms. The van der Waals surface area contributed by atoms with E-state index >= 15 is 0 Å². The molecule has 2 aromatic carbocycles. The Morgan fingerprint density at radius 1 is 0.444 bits per heavy atom. The van der Waals surface area contributed by atoms with Gasteiger partial charge >= 0.3 is 0 Å². The maximum absolute atomic E-state index is 2.30. The zero-order chi connectivity index (χ0) is 12.2. The van der Waals surface area contributed by atoms with Gasteiger partial charge in [-0.1, -0.05) is 60.7 Å². The Bertz CT molecular complexity index is 416. The van der Waals surface area contributed by atoms with Gasteiger partial charge in [0.25, 0.3) is 0 Å². The second-order valence-electron chi connectivity index (χ2n) is 4.64. The van der Waals surface area contributed by atoms with Crippen molar-refractivity contribution in [2.75, 3.05) is 0 Å². The van der Waals surface area contributed by atoms with Crippen molar-refractivity contribution >= 4 is 0 Å². The zero-order valence-corrected chi connectivity index (χ0v) is 10.2. The second kappa shape index (κ2) is 5.39. The van der Waals surface area contributed by atoms with Crippen LogP contribution in [0.2, 0.25) is 0 Å². The number of rotatable bonds is 2. The van der Waals surface area contributed by atoms with E-state index in [2.05, 4.69) is 86.3 Å². The van der Waals surface area contributed by atoms with Gasteiger partial charge in [-0.05, 0) is 48.6 Å². The van der Waals surface area contributed by atoms with E-state index in [9.17, 15) is 0 Å². The molecule has 0 amide bonds. The molecule has 1 fully saturated rings. The molecular formula is C18H16. The van der Waals surface area contributed by atoms with Crippen LogP contribution in [0.25, 0.3) is 0 Å². The predicted molar refractivity (Wildman–Crippen MR) is 75.6 cm³/mol. The Kier molecular flexibility index (Phi) is 3.45. The molecule has 0 unspecified atom stereocenters. The third kappa shape index (κ3) is 2.48. The Balaban J connectivity index is 1.65. The third-order valence-electron chi connectivity index (χ3n) is 3.42. The minimum atomic E-state index is 0.422. The van der Waals surface area contributed by atoms with Crippen molar-refractivity contribution in [1.29, 1.82) is 0 Å². The first-order valence-electron chi connectivity index (χ1n) is 6.40. The Labute approximate surface area is 110 Å². The fourth-order valence-corrected chi connectivity index (χ4v) is 2.40. The van der Waals surface area contributed by atoms with E-state index in [1.807, 2.05) is 0 Å². The van der Waals surface area contributed by atoms with Crippen LogP contribution in [0.4, 0.5) is 0 Å². The van der Waals surface area contributed by atoms with Gasteiger partial charge < -0.3 is 0 Å². The summed E-state index contributed by atoms with van der Waals surface area (Å²) >= 11 is 0. The molecule has 0 N–H and O–H groups in total. The SMILES string of the molecule is [CH]1[CH]C(c2ccccc2)[CH][CH]C1c1ccccc1. The Hall–Kier alpha value is -1.56. The second-order valence-corrected chi connectivity index (χ2v) is 4.64. The maximum atomic E-state index is 2.30. The average Bonchev–Trinajstić information content (AvgIpc) is 2.49. The summed E-state index contributed by atoms with van der Waals surface area (Å²) < 4.78 is 0. The Morgan fingerprint density at radius 2 is 0.778 bits per heavy atom. The summed E-state index contributed by atoms with van der Waals surface area (Å²) in [6.07, 6.45) is 9.19. The van der Waals surface area contributed by atoms with E-state index in [1.54, 1.807) is 0 Å². The van der Waals surface area contributed by atoms with Crippen LogP contribution >= 0.6 is 0 Å². The van der Waals surface area contributed by atoms with Gasteiger partial charge in [-0.15, -0.1) is 0 Å². The van der Waals surface area contributed by atoms with Crippen molar-refractivity contribution in [3.05, 3.63) is 97.5 Å². The molecule has 1 aliphatic rings. The number of hydrogen-bond acceptors (Lipinski definition) is 0. The summed E-state index contributed by atoms with van der Waals surface area (Å²) in [5.41, 5.74) is 2.72. The first-order valence-corrected chi connectivity index (χ1v) is 6.40. The lowest BCUT2D eigenvalue weighted by Gasteiger charge is -2.28. The van der Waals surface area contributed by atoms with Gasteiger partial charge in [0.1, 0.15) is 0 Å². The number of hydrogen-bond donors (Lipinski definition) is 0. The van der Waals surface area contributed by atoms with Crippen molar-refractivity contribution in [2.45, 2.75) is 11.8 Å². The normalized spacial score (nSPS) is 23.8. The molecule has 88 valence electrons. The van der Waals surface area contributed by atoms with Crippen LogP contribution in [0.5, 0.6) is 0 Å². The minimum absolute atomic E-state index is 0.422. The monoisotopic (exact) mass is 232 g/mol. The van der Waals surface area contributed by atoms with Crippen molar-refractivity contribution in [1.82, 2.24) is 0 Å². The molecule has 3 rings (SSSR count). The number of benzene rings is 2. The highest BCUT2D eigenvalue weighted by molar-refractivity contribution is 5.38. The first-order chi connectivity index (χ1) is 8.93. The lowest BCUT2D eigenvalue weighted by Crippen LogP contribution is -2.14. The summed E-state index contributed by atoms with van der Waals surface area (Å²) in [7, 11) is 0. The van der Waals surface area contributed by atoms with E-state index < -0.39 is 0 Å². The summed E-state index contributed by atoms with van der Waals surface area (Å²) in [5.74, 6) is 0.845. The van der Waals surface area contributed by atoms with Gasteiger partial charge in [-0.3, -0.25) is 0 Å². The first kappa shape index (κ1) is 11.5. The molecule has 4 radical (unpaired) electrons. The molecule has 0 spiro atoms. The molecule has 0 bridgehead atoms. The smallest absolute Gasteiger partial charge is 0.00934 e. The van der Waals surface area contributed by atoms with Crippen LogP contribution in [-0.2, 0) is 0 Å². The lowest BCUT2D eigenvalue weighted by atomic mass is 9.76. The standard InChI is InChI=1S/C18H16/c1-3-7-15(8-4-1)17-11-13-18(14-12-17)16-9-5-2-6-10-16/h1-14,17-18H. The predicted octanol–water partition coefficient (Wildman–Crippen LogP) is 4.38. The largest absolute Gasteiger partial charge is 0.0622 e. The molecule has 1 saturated carbocycles. The molecule has 0 heteroatoms. The Morgan fingerprint density at radius 3 is 1.11 bits per heavy atom. The van der Waals surface area contributed by atoms with Gasteiger partial charge in [0.15, 0.2) is 0 Å². The zero-order valence-electron chi connectivity index (χ0n) is 10.2. The van der Waals surface area contributed by atoms with Gasteiger partial charge in [0.2, 0.25) is 0 Å². The quantitative estimate of drug-likeness (QED) is 0.720. The molecule has 0 heterocycles. The van der Waals surface area contributed by atoms with Crippen LogP contribution in [0, 0.1) is 25.7 Å². The summed E-state index contributed by atoms with van der Waals surface area (Å²) in [4.78, 5) is 0. The van der Waals surface area contributed by atoms with Gasteiger partial charge in [-0.2, -0.15) is 0 Å². The van der Waals surface area contributed by atoms with Gasteiger partial charge in [-0.25, -0.2) is 0 Å². The molecule has 0 saturated heterocycles. The molecule has 0 nitrogen and oxygen atoms in total. The summed E-state index contributed by atoms with van der Waals surface area (Å²) in [6, 6.07) is 21.2. The van der Waals surface area contributed by atoms with Crippen molar-refractivity contribution in [3.8, 4) is 0 Å². The van der Waals surface area contributed by atoms with E-state index in [-0.39, 0.29) is 0 Å². The van der Waals surface area contributed by atoms with Crippen molar-refractivity contribution < 1.29 is 0 Å². The van der Waals surface area contributed by atoms with Crippen LogP contribution in [-0.4, -0.2) is 0 Å². The van der Waals surface area contributed by atoms with Crippen molar-refractivity contribution in [2.24, 2.45) is 0 Å². The van der Waals surface area contributed by atoms with Crippen LogP contribution in [0.15, 0.2) is 60.7 Å². The van der Waals surface area contributed by atoms with E-state index in [0.29, 0.717) is 11.8 Å². The van der Waals surface area contributed by atoms with Crippen LogP contribution in [0.3, 0.4) is 0 Å². The van der Waals surface area contributed by atoms with Crippen LogP contribution < -0.4 is 0 Å². The van der Waals surface area contributed by atoms with E-state index in [4.69, 9.17) is 0 Å². The summed E-state index contributed by atoms with van der Waals surface area (Å²) in [6.45, 7) is 0. The maximum Gasteiger partial charge on any atom is -0.00934 e. The molecular weight excluding hydrogens is 216 g/mol. The lowest BCUT2D eigenvalue weighted by molar-refractivity contribution is 0.766. The molecule has 0 atom stereocenters. The third-order valence-corrected chi connectivity index (χ3v) is 3.42. The molecule has 0 aromatic heterocycles. The highest BCUT2D eigenvalue weighted by atomic mass is 14.3. The fraction of sp³-hybridized carbons (Fsp3) is 0.111. The van der Waals surface area contributed by atoms with E-state index in [1.165, 1.54) is 11.1 Å². The molecule has 2 aromatic rings. The van der Waals surface area contributed by atoms with Gasteiger partial charge in [0, 0.05) is 0 Å². The molecule has 1 aliphatic carbocycles. The average molecular weight is 232 g/mol. The van der Waals surface area contributed by atoms with Gasteiger partial charge in [0.05, 0.1) is 0 Å². The highest BCUT2D eigenvalue weighted by Gasteiger charge is 2.23. The van der Waals surface area contributed by atoms with Crippen molar-refractivity contribution in [3.63, 3.8) is 0 Å². The minimum Gasteiger partial charge on any atom is -0.0622 e. The summed E-state index contributed by atoms with van der Waals surface area (Å²) in [5, 5.41) is 0. The highest BCUT2D eigenvalue weighted by Crippen LogP contribution is 2.37. The fourth-order valence-electron chi connectivity index (χ4n) is 2.40. The molecule has 0 aliphatic heterocycles. The van der Waals surface area contributed by atoms with Crippen LogP contribution in [0.1, 0.15) is 23.0 Å². The van der Waals surface area contributed by atoms with E-state index in [0.717, 1.165) is 0 Å². The topological polar surface area (TPSA) is 0 Å².